The Labute approximate surface area is 149 Å². The van der Waals surface area contributed by atoms with E-state index in [9.17, 15) is 9.90 Å². The van der Waals surface area contributed by atoms with Crippen LogP contribution < -0.4 is 5.32 Å². The lowest BCUT2D eigenvalue weighted by Gasteiger charge is -2.11. The summed E-state index contributed by atoms with van der Waals surface area (Å²) in [5.41, 5.74) is 3.93. The number of aryl methyl sites for hydroxylation is 1. The molecule has 0 aliphatic carbocycles. The predicted molar refractivity (Wildman–Crippen MR) is 100 cm³/mol. The van der Waals surface area contributed by atoms with E-state index in [-0.39, 0.29) is 5.56 Å². The molecule has 0 aliphatic rings. The van der Waals surface area contributed by atoms with Crippen LogP contribution in [0.4, 0.5) is 11.4 Å². The smallest absolute Gasteiger partial charge is 0.339 e. The number of carboxylic acids is 1. The van der Waals surface area contributed by atoms with E-state index in [4.69, 9.17) is 0 Å². The molecule has 0 unspecified atom stereocenters. The van der Waals surface area contributed by atoms with Crippen molar-refractivity contribution in [2.75, 3.05) is 5.32 Å². The third-order valence-corrected chi connectivity index (χ3v) is 4.12. The van der Waals surface area contributed by atoms with Gasteiger partial charge in [0, 0.05) is 11.9 Å². The van der Waals surface area contributed by atoms with Crippen LogP contribution in [0.5, 0.6) is 0 Å². The third-order valence-electron chi connectivity index (χ3n) is 4.12. The first-order chi connectivity index (χ1) is 12.6. The molecule has 2 aromatic heterocycles. The summed E-state index contributed by atoms with van der Waals surface area (Å²) in [4.78, 5) is 16.0. The summed E-state index contributed by atoms with van der Waals surface area (Å²) in [6, 6.07) is 17.4. The Morgan fingerprint density at radius 3 is 2.62 bits per heavy atom. The molecule has 4 aromatic rings. The Hall–Kier alpha value is -3.67. The largest absolute Gasteiger partial charge is 0.478 e. The van der Waals surface area contributed by atoms with Crippen LogP contribution in [0.15, 0.2) is 67.0 Å². The number of benzene rings is 2. The normalized spacial score (nSPS) is 10.8. The second-order valence-electron chi connectivity index (χ2n) is 5.98. The number of para-hydroxylation sites is 1. The fourth-order valence-corrected chi connectivity index (χ4v) is 2.90. The maximum absolute atomic E-state index is 11.7. The fraction of sp³-hybridized carbons (Fsp3) is 0.0500. The standard InChI is InChI=1S/C20H16N4O2/c1-13-6-5-7-14(10-13)23-18-16-12-22-24(15-8-3-2-4-9-15)19(16)21-11-17(18)20(25)26/h2-12H,1H3,(H,21,23)(H,25,26). The zero-order valence-electron chi connectivity index (χ0n) is 14.0. The minimum atomic E-state index is -1.04. The van der Waals surface area contributed by atoms with Gasteiger partial charge in [-0.05, 0) is 36.8 Å². The second-order valence-corrected chi connectivity index (χ2v) is 5.98. The van der Waals surface area contributed by atoms with E-state index >= 15 is 0 Å². The van der Waals surface area contributed by atoms with Gasteiger partial charge in [0.15, 0.2) is 5.65 Å². The van der Waals surface area contributed by atoms with E-state index in [0.717, 1.165) is 16.9 Å². The third kappa shape index (κ3) is 2.77. The highest BCUT2D eigenvalue weighted by molar-refractivity contribution is 6.04. The van der Waals surface area contributed by atoms with Gasteiger partial charge in [0.2, 0.25) is 0 Å². The SMILES string of the molecule is Cc1cccc(Nc2c(C(=O)O)cnc3c2cnn3-c2ccccc2)c1. The molecule has 0 saturated heterocycles. The molecule has 26 heavy (non-hydrogen) atoms. The summed E-state index contributed by atoms with van der Waals surface area (Å²) in [5.74, 6) is -1.04. The van der Waals surface area contributed by atoms with Gasteiger partial charge < -0.3 is 10.4 Å². The van der Waals surface area contributed by atoms with E-state index in [1.54, 1.807) is 10.9 Å². The molecule has 0 fully saturated rings. The topological polar surface area (TPSA) is 80.0 Å². The van der Waals surface area contributed by atoms with Gasteiger partial charge in [-0.25, -0.2) is 14.5 Å². The molecule has 4 rings (SSSR count). The molecular formula is C20H16N4O2. The lowest BCUT2D eigenvalue weighted by Crippen LogP contribution is -2.05. The molecule has 0 atom stereocenters. The van der Waals surface area contributed by atoms with Gasteiger partial charge in [-0.15, -0.1) is 0 Å². The Kier molecular flexibility index (Phi) is 3.85. The number of aromatic carboxylic acids is 1. The highest BCUT2D eigenvalue weighted by atomic mass is 16.4. The quantitative estimate of drug-likeness (QED) is 0.581. The number of hydrogen-bond donors (Lipinski definition) is 2. The van der Waals surface area contributed by atoms with E-state index in [1.807, 2.05) is 61.5 Å². The number of hydrogen-bond acceptors (Lipinski definition) is 4. The Bertz CT molecular complexity index is 1100. The van der Waals surface area contributed by atoms with Crippen LogP contribution in [0.2, 0.25) is 0 Å². The zero-order chi connectivity index (χ0) is 18.1. The van der Waals surface area contributed by atoms with Gasteiger partial charge in [-0.2, -0.15) is 5.10 Å². The van der Waals surface area contributed by atoms with Crippen LogP contribution in [-0.4, -0.2) is 25.8 Å². The molecule has 2 N–H and O–H groups in total. The van der Waals surface area contributed by atoms with Gasteiger partial charge in [-0.3, -0.25) is 0 Å². The molecule has 0 saturated carbocycles. The van der Waals surface area contributed by atoms with E-state index in [1.165, 1.54) is 6.20 Å². The number of pyridine rings is 1. The number of anilines is 2. The summed E-state index contributed by atoms with van der Waals surface area (Å²) >= 11 is 0. The van der Waals surface area contributed by atoms with E-state index < -0.39 is 5.97 Å². The summed E-state index contributed by atoms with van der Waals surface area (Å²) in [6.07, 6.45) is 3.00. The Morgan fingerprint density at radius 1 is 1.08 bits per heavy atom. The maximum Gasteiger partial charge on any atom is 0.339 e. The monoisotopic (exact) mass is 344 g/mol. The number of nitrogens with one attached hydrogen (secondary N) is 1. The van der Waals surface area contributed by atoms with Crippen LogP contribution in [0.3, 0.4) is 0 Å². The molecule has 0 spiro atoms. The van der Waals surface area contributed by atoms with Crippen molar-refractivity contribution in [1.82, 2.24) is 14.8 Å². The van der Waals surface area contributed by atoms with Crippen molar-refractivity contribution < 1.29 is 9.90 Å². The molecule has 6 heteroatoms. The lowest BCUT2D eigenvalue weighted by atomic mass is 10.1. The average Bonchev–Trinajstić information content (AvgIpc) is 3.07. The summed E-state index contributed by atoms with van der Waals surface area (Å²) in [7, 11) is 0. The molecule has 2 aromatic carbocycles. The minimum absolute atomic E-state index is 0.103. The number of nitrogens with zero attached hydrogens (tertiary/aromatic N) is 3. The summed E-state index contributed by atoms with van der Waals surface area (Å²) < 4.78 is 1.70. The van der Waals surface area contributed by atoms with Gasteiger partial charge in [0.05, 0.1) is 23.0 Å². The first-order valence-electron chi connectivity index (χ1n) is 8.12. The number of carbonyl (C=O) groups is 1. The molecule has 0 aliphatic heterocycles. The maximum atomic E-state index is 11.7. The van der Waals surface area contributed by atoms with Gasteiger partial charge >= 0.3 is 5.97 Å². The second kappa shape index (κ2) is 6.33. The van der Waals surface area contributed by atoms with Crippen molar-refractivity contribution in [2.24, 2.45) is 0 Å². The van der Waals surface area contributed by atoms with Crippen LogP contribution in [0, 0.1) is 6.92 Å². The van der Waals surface area contributed by atoms with Crippen molar-refractivity contribution in [3.63, 3.8) is 0 Å². The lowest BCUT2D eigenvalue weighted by molar-refractivity contribution is 0.0697. The molecular weight excluding hydrogens is 328 g/mol. The highest BCUT2D eigenvalue weighted by Gasteiger charge is 2.18. The summed E-state index contributed by atoms with van der Waals surface area (Å²) in [6.45, 7) is 1.98. The van der Waals surface area contributed by atoms with Crippen LogP contribution in [0.25, 0.3) is 16.7 Å². The van der Waals surface area contributed by atoms with Gasteiger partial charge in [0.1, 0.15) is 5.56 Å². The number of fused-ring (bicyclic) bond motifs is 1. The van der Waals surface area contributed by atoms with E-state index in [2.05, 4.69) is 15.4 Å². The highest BCUT2D eigenvalue weighted by Crippen LogP contribution is 2.30. The molecule has 6 nitrogen and oxygen atoms in total. The first kappa shape index (κ1) is 15.8. The molecule has 128 valence electrons. The van der Waals surface area contributed by atoms with E-state index in [0.29, 0.717) is 16.7 Å². The molecule has 2 heterocycles. The van der Waals surface area contributed by atoms with Crippen molar-refractivity contribution >= 4 is 28.4 Å². The van der Waals surface area contributed by atoms with Crippen LogP contribution in [-0.2, 0) is 0 Å². The Morgan fingerprint density at radius 2 is 1.88 bits per heavy atom. The number of carboxylic acid groups (broad SMARTS) is 1. The fourth-order valence-electron chi connectivity index (χ4n) is 2.90. The number of rotatable bonds is 4. The molecule has 0 amide bonds. The molecule has 0 bridgehead atoms. The molecule has 0 radical (unpaired) electrons. The van der Waals surface area contributed by atoms with Crippen LogP contribution >= 0.6 is 0 Å². The van der Waals surface area contributed by atoms with Crippen molar-refractivity contribution in [1.29, 1.82) is 0 Å². The van der Waals surface area contributed by atoms with Crippen molar-refractivity contribution in [3.05, 3.63) is 78.1 Å². The number of aromatic nitrogens is 3. The Balaban J connectivity index is 1.90. The van der Waals surface area contributed by atoms with Gasteiger partial charge in [-0.1, -0.05) is 30.3 Å². The first-order valence-corrected chi connectivity index (χ1v) is 8.12. The zero-order valence-corrected chi connectivity index (χ0v) is 14.0. The predicted octanol–water partition coefficient (Wildman–Crippen LogP) is 4.17. The van der Waals surface area contributed by atoms with Crippen molar-refractivity contribution in [2.45, 2.75) is 6.92 Å². The summed E-state index contributed by atoms with van der Waals surface area (Å²) in [5, 5.41) is 17.9. The minimum Gasteiger partial charge on any atom is -0.478 e. The van der Waals surface area contributed by atoms with Crippen LogP contribution in [0.1, 0.15) is 15.9 Å². The van der Waals surface area contributed by atoms with Gasteiger partial charge in [0.25, 0.3) is 0 Å². The van der Waals surface area contributed by atoms with Crippen molar-refractivity contribution in [3.8, 4) is 5.69 Å². The average molecular weight is 344 g/mol.